The van der Waals surface area contributed by atoms with E-state index in [4.69, 9.17) is 34.9 Å². The molecule has 0 radical (unpaired) electrons. The first-order valence-electron chi connectivity index (χ1n) is 19.5. The molecule has 0 aliphatic rings. The van der Waals surface area contributed by atoms with Gasteiger partial charge in [0.15, 0.2) is 5.78 Å². The Morgan fingerprint density at radius 2 is 1.06 bits per heavy atom. The van der Waals surface area contributed by atoms with Gasteiger partial charge in [0, 0.05) is 38.3 Å². The highest BCUT2D eigenvalue weighted by atomic mass is 16.5. The average molecular weight is 762 g/mol. The first-order chi connectivity index (χ1) is 25.4. The maximum atomic E-state index is 11.8. The Kier molecular flexibility index (Phi) is 37.8. The van der Waals surface area contributed by atoms with Crippen LogP contribution in [0.3, 0.4) is 0 Å². The van der Waals surface area contributed by atoms with Crippen molar-refractivity contribution in [3.63, 3.8) is 0 Å². The molecule has 0 aromatic rings. The molecule has 0 aliphatic carbocycles. The molecule has 6 N–H and O–H groups in total. The van der Waals surface area contributed by atoms with Crippen LogP contribution in [0.5, 0.6) is 0 Å². The SMILES string of the molecule is CCOCCOCC(=O)NCCOCCOCC(=O)C(C)C.NC(=O)CC[C@H](NC(=O)CCCCCCCCCCCCCCCCC(=O)O)C(=O)O. The average Bonchev–Trinajstić information content (AvgIpc) is 3.10. The van der Waals surface area contributed by atoms with Crippen LogP contribution in [0.25, 0.3) is 0 Å². The number of carbonyl (C=O) groups excluding carboxylic acids is 4. The van der Waals surface area contributed by atoms with E-state index in [9.17, 15) is 28.8 Å². The van der Waals surface area contributed by atoms with E-state index in [0.717, 1.165) is 44.9 Å². The summed E-state index contributed by atoms with van der Waals surface area (Å²) in [4.78, 5) is 66.7. The molecule has 0 saturated heterocycles. The Balaban J connectivity index is 0. The van der Waals surface area contributed by atoms with E-state index in [2.05, 4.69) is 10.6 Å². The summed E-state index contributed by atoms with van der Waals surface area (Å²) in [7, 11) is 0. The number of primary amides is 1. The molecule has 0 aromatic heterocycles. The van der Waals surface area contributed by atoms with Crippen LogP contribution in [-0.4, -0.2) is 111 Å². The Hall–Kier alpha value is -3.14. The summed E-state index contributed by atoms with van der Waals surface area (Å²) < 4.78 is 20.6. The number of ether oxygens (including phenoxy) is 4. The summed E-state index contributed by atoms with van der Waals surface area (Å²) in [6.07, 6.45) is 16.1. The molecular formula is C38H71N3O12. The molecule has 0 rings (SSSR count). The number of ketones is 1. The molecule has 310 valence electrons. The van der Waals surface area contributed by atoms with Gasteiger partial charge in [-0.1, -0.05) is 90.9 Å². The van der Waals surface area contributed by atoms with Gasteiger partial charge >= 0.3 is 11.9 Å². The number of amides is 3. The van der Waals surface area contributed by atoms with Crippen LogP contribution in [0.15, 0.2) is 0 Å². The normalized spacial score (nSPS) is 11.4. The van der Waals surface area contributed by atoms with E-state index in [0.29, 0.717) is 52.6 Å². The summed E-state index contributed by atoms with van der Waals surface area (Å²) in [6.45, 7) is 8.84. The fourth-order valence-corrected chi connectivity index (χ4v) is 4.79. The summed E-state index contributed by atoms with van der Waals surface area (Å²) in [6, 6.07) is -1.06. The van der Waals surface area contributed by atoms with Gasteiger partial charge in [0.2, 0.25) is 17.7 Å². The number of carbonyl (C=O) groups is 6. The Bertz CT molecular complexity index is 965. The number of hydrogen-bond donors (Lipinski definition) is 5. The van der Waals surface area contributed by atoms with E-state index in [1.807, 2.05) is 20.8 Å². The molecule has 15 heteroatoms. The van der Waals surface area contributed by atoms with Crippen LogP contribution in [0, 0.1) is 5.92 Å². The van der Waals surface area contributed by atoms with Gasteiger partial charge in [-0.15, -0.1) is 0 Å². The zero-order valence-corrected chi connectivity index (χ0v) is 32.8. The van der Waals surface area contributed by atoms with Crippen molar-refractivity contribution in [3.05, 3.63) is 0 Å². The third kappa shape index (κ3) is 41.5. The topological polar surface area (TPSA) is 230 Å². The van der Waals surface area contributed by atoms with Gasteiger partial charge in [0.25, 0.3) is 0 Å². The van der Waals surface area contributed by atoms with Crippen molar-refractivity contribution in [3.8, 4) is 0 Å². The van der Waals surface area contributed by atoms with Gasteiger partial charge in [0.05, 0.1) is 33.0 Å². The third-order valence-electron chi connectivity index (χ3n) is 8.00. The van der Waals surface area contributed by atoms with E-state index in [1.165, 1.54) is 44.9 Å². The molecule has 0 heterocycles. The maximum absolute atomic E-state index is 11.8. The van der Waals surface area contributed by atoms with Crippen molar-refractivity contribution >= 4 is 35.4 Å². The van der Waals surface area contributed by atoms with Gasteiger partial charge in [-0.05, 0) is 26.2 Å². The standard InChI is InChI=1S/C23H42N2O6.C15H29NO6/c24-20(26)18-17-19(23(30)31)25-21(27)15-13-11-9-7-5-3-1-2-4-6-8-10-12-14-16-22(28)29;1-4-19-7-9-22-12-15(18)16-5-6-20-8-10-21-11-14(17)13(2)3/h19H,1-18H2,(H2,24,26)(H,25,27)(H,28,29)(H,30,31);13H,4-12H2,1-3H3,(H,16,18)/t19-;/m0./s1. The molecule has 0 saturated carbocycles. The number of rotatable bonds is 37. The predicted molar refractivity (Wildman–Crippen MR) is 201 cm³/mol. The molecule has 0 aromatic carbocycles. The minimum absolute atomic E-state index is 0.00751. The third-order valence-corrected chi connectivity index (χ3v) is 8.00. The molecule has 0 spiro atoms. The molecule has 53 heavy (non-hydrogen) atoms. The van der Waals surface area contributed by atoms with Crippen molar-refractivity contribution in [2.24, 2.45) is 11.7 Å². The number of carboxylic acids is 2. The van der Waals surface area contributed by atoms with Crippen molar-refractivity contribution in [2.45, 2.75) is 142 Å². The van der Waals surface area contributed by atoms with Gasteiger partial charge in [-0.2, -0.15) is 0 Å². The monoisotopic (exact) mass is 762 g/mol. The number of hydrogen-bond acceptors (Lipinski definition) is 10. The molecule has 15 nitrogen and oxygen atoms in total. The zero-order chi connectivity index (χ0) is 40.0. The van der Waals surface area contributed by atoms with Crippen LogP contribution in [-0.2, 0) is 47.7 Å². The smallest absolute Gasteiger partial charge is 0.326 e. The van der Waals surface area contributed by atoms with Crippen LogP contribution >= 0.6 is 0 Å². The fraction of sp³-hybridized carbons (Fsp3) is 0.842. The van der Waals surface area contributed by atoms with E-state index in [-0.39, 0.29) is 56.0 Å². The largest absolute Gasteiger partial charge is 0.481 e. The lowest BCUT2D eigenvalue weighted by atomic mass is 10.0. The molecule has 1 atom stereocenters. The fourth-order valence-electron chi connectivity index (χ4n) is 4.79. The first-order valence-corrected chi connectivity index (χ1v) is 19.5. The number of unbranched alkanes of at least 4 members (excludes halogenated alkanes) is 13. The highest BCUT2D eigenvalue weighted by Crippen LogP contribution is 2.14. The number of nitrogens with two attached hydrogens (primary N) is 1. The second-order valence-electron chi connectivity index (χ2n) is 13.2. The minimum atomic E-state index is -1.15. The van der Waals surface area contributed by atoms with Crippen molar-refractivity contribution in [1.82, 2.24) is 10.6 Å². The lowest BCUT2D eigenvalue weighted by Gasteiger charge is -2.13. The van der Waals surface area contributed by atoms with E-state index in [1.54, 1.807) is 0 Å². The van der Waals surface area contributed by atoms with Crippen molar-refractivity contribution < 1.29 is 57.9 Å². The highest BCUT2D eigenvalue weighted by Gasteiger charge is 2.20. The van der Waals surface area contributed by atoms with Gasteiger partial charge in [-0.3, -0.25) is 24.0 Å². The lowest BCUT2D eigenvalue weighted by Crippen LogP contribution is -2.41. The van der Waals surface area contributed by atoms with Crippen molar-refractivity contribution in [2.75, 3.05) is 59.4 Å². The molecule has 0 unspecified atom stereocenters. The molecule has 0 aliphatic heterocycles. The number of carboxylic acid groups (broad SMARTS) is 2. The Labute approximate surface area is 317 Å². The summed E-state index contributed by atoms with van der Waals surface area (Å²) >= 11 is 0. The summed E-state index contributed by atoms with van der Waals surface area (Å²) in [5, 5.41) is 22.8. The first kappa shape index (κ1) is 52.0. The Morgan fingerprint density at radius 3 is 1.53 bits per heavy atom. The Morgan fingerprint density at radius 1 is 0.585 bits per heavy atom. The summed E-state index contributed by atoms with van der Waals surface area (Å²) in [5.41, 5.74) is 5.02. The van der Waals surface area contributed by atoms with E-state index < -0.39 is 23.9 Å². The number of nitrogens with one attached hydrogen (secondary N) is 2. The van der Waals surface area contributed by atoms with Crippen LogP contribution in [0.2, 0.25) is 0 Å². The quantitative estimate of drug-likeness (QED) is 0.0549. The second-order valence-corrected chi connectivity index (χ2v) is 13.2. The minimum Gasteiger partial charge on any atom is -0.481 e. The molecule has 3 amide bonds. The molecule has 0 fully saturated rings. The van der Waals surface area contributed by atoms with E-state index >= 15 is 0 Å². The van der Waals surface area contributed by atoms with Gasteiger partial charge in [0.1, 0.15) is 19.3 Å². The highest BCUT2D eigenvalue weighted by molar-refractivity contribution is 5.84. The zero-order valence-electron chi connectivity index (χ0n) is 32.8. The van der Waals surface area contributed by atoms with Crippen LogP contribution < -0.4 is 16.4 Å². The maximum Gasteiger partial charge on any atom is 0.326 e. The second kappa shape index (κ2) is 38.6. The molecule has 0 bridgehead atoms. The molecular weight excluding hydrogens is 690 g/mol. The van der Waals surface area contributed by atoms with Gasteiger partial charge < -0.3 is 45.5 Å². The van der Waals surface area contributed by atoms with Crippen molar-refractivity contribution in [1.29, 1.82) is 0 Å². The number of aliphatic carboxylic acids is 2. The van der Waals surface area contributed by atoms with Crippen LogP contribution in [0.4, 0.5) is 0 Å². The van der Waals surface area contributed by atoms with Gasteiger partial charge in [-0.25, -0.2) is 4.79 Å². The number of Topliss-reactive ketones (excluding diaryl/α,β-unsaturated/α-hetero) is 1. The lowest BCUT2D eigenvalue weighted by molar-refractivity contribution is -0.142. The predicted octanol–water partition coefficient (Wildman–Crippen LogP) is 4.56. The van der Waals surface area contributed by atoms with Crippen LogP contribution in [0.1, 0.15) is 136 Å². The summed E-state index contributed by atoms with van der Waals surface area (Å²) in [5.74, 6) is -2.83.